The van der Waals surface area contributed by atoms with Crippen molar-refractivity contribution in [3.63, 3.8) is 0 Å². The second-order valence-electron chi connectivity index (χ2n) is 5.16. The molecule has 1 atom stereocenters. The molecule has 11 nitrogen and oxygen atoms in total. The molecule has 0 spiro atoms. The van der Waals surface area contributed by atoms with E-state index >= 15 is 0 Å². The molecule has 0 fully saturated rings. The maximum atomic E-state index is 11.3. The van der Waals surface area contributed by atoms with E-state index in [2.05, 4.69) is 20.4 Å². The van der Waals surface area contributed by atoms with Crippen molar-refractivity contribution in [2.75, 3.05) is 23.5 Å². The number of aliphatic hydroxyl groups is 2. The lowest BCUT2D eigenvalue weighted by Gasteiger charge is -2.18. The number of aromatic nitrogens is 1. The molecule has 1 amide bonds. The minimum Gasteiger partial charge on any atom is -0.515 e. The summed E-state index contributed by atoms with van der Waals surface area (Å²) in [6.45, 7) is 0. The number of nitro groups is 1. The molecule has 0 saturated carbocycles. The summed E-state index contributed by atoms with van der Waals surface area (Å²) in [7, 11) is 1.13. The Bertz CT molecular complexity index is 871. The van der Waals surface area contributed by atoms with Crippen LogP contribution in [0, 0.1) is 10.1 Å². The monoisotopic (exact) mass is 375 g/mol. The highest BCUT2D eigenvalue weighted by molar-refractivity contribution is 5.87. The predicted molar refractivity (Wildman–Crippen MR) is 98.0 cm³/mol. The molecule has 1 unspecified atom stereocenters. The zero-order chi connectivity index (χ0) is 20.0. The summed E-state index contributed by atoms with van der Waals surface area (Å²) in [4.78, 5) is 25.6. The summed E-state index contributed by atoms with van der Waals surface area (Å²) in [5.74, 6) is -0.619. The molecule has 0 aliphatic heterocycles. The molecule has 142 valence electrons. The number of nitrogens with one attached hydrogen (secondary N) is 2. The van der Waals surface area contributed by atoms with Gasteiger partial charge in [0.25, 0.3) is 0 Å². The van der Waals surface area contributed by atoms with Gasteiger partial charge in [-0.2, -0.15) is 0 Å². The molecule has 1 aromatic carbocycles. The van der Waals surface area contributed by atoms with Gasteiger partial charge >= 0.3 is 11.8 Å². The molecule has 0 aliphatic carbocycles. The fourth-order valence-electron chi connectivity index (χ4n) is 2.24. The second kappa shape index (κ2) is 8.49. The molecule has 0 aliphatic rings. The van der Waals surface area contributed by atoms with E-state index < -0.39 is 28.7 Å². The van der Waals surface area contributed by atoms with Crippen LogP contribution in [0.4, 0.5) is 27.8 Å². The highest BCUT2D eigenvalue weighted by atomic mass is 16.6. The number of ether oxygens (including phenoxy) is 1. The largest absolute Gasteiger partial charge is 0.515 e. The van der Waals surface area contributed by atoms with Gasteiger partial charge < -0.3 is 26.0 Å². The van der Waals surface area contributed by atoms with E-state index in [0.29, 0.717) is 11.8 Å². The van der Waals surface area contributed by atoms with E-state index in [1.165, 1.54) is 0 Å². The SMILES string of the molecule is COC(=O)Nc1cc(NC(O)/C(=C/O)c2ccccc2)c([N+](=O)[O-])c(N)n1. The number of nitrogen functional groups attached to an aromatic ring is 1. The second-order valence-corrected chi connectivity index (χ2v) is 5.16. The lowest BCUT2D eigenvalue weighted by Crippen LogP contribution is -2.22. The number of rotatable bonds is 6. The number of carbonyl (C=O) groups excluding carboxylic acids is 1. The number of aliphatic hydroxyl groups excluding tert-OH is 2. The number of carbonyl (C=O) groups is 1. The highest BCUT2D eigenvalue weighted by Gasteiger charge is 2.25. The summed E-state index contributed by atoms with van der Waals surface area (Å²) >= 11 is 0. The first-order chi connectivity index (χ1) is 12.9. The Labute approximate surface area is 153 Å². The van der Waals surface area contributed by atoms with Crippen LogP contribution in [-0.4, -0.2) is 39.6 Å². The fourth-order valence-corrected chi connectivity index (χ4v) is 2.24. The Balaban J connectivity index is 2.40. The Morgan fingerprint density at radius 2 is 2.07 bits per heavy atom. The van der Waals surface area contributed by atoms with Crippen LogP contribution in [0.3, 0.4) is 0 Å². The summed E-state index contributed by atoms with van der Waals surface area (Å²) in [6.07, 6.45) is -1.71. The number of nitrogens with zero attached hydrogens (tertiary/aromatic N) is 2. The smallest absolute Gasteiger partial charge is 0.412 e. The Morgan fingerprint density at radius 1 is 1.41 bits per heavy atom. The van der Waals surface area contributed by atoms with E-state index in [1.807, 2.05) is 0 Å². The van der Waals surface area contributed by atoms with Crippen molar-refractivity contribution in [3.05, 3.63) is 58.3 Å². The van der Waals surface area contributed by atoms with E-state index in [4.69, 9.17) is 5.73 Å². The molecule has 27 heavy (non-hydrogen) atoms. The van der Waals surface area contributed by atoms with E-state index in [-0.39, 0.29) is 17.1 Å². The van der Waals surface area contributed by atoms with Crippen LogP contribution >= 0.6 is 0 Å². The number of pyridine rings is 1. The first kappa shape index (κ1) is 19.5. The standard InChI is InChI=1S/C16H17N5O6/c1-27-16(24)20-12-7-11(13(21(25)26)14(17)19-12)18-15(23)10(8-22)9-5-3-2-4-6-9/h2-8,15,22-23H,1H3,(H4,17,18,19,20,24)/b10-8+. The van der Waals surface area contributed by atoms with Gasteiger partial charge in [-0.25, -0.2) is 9.78 Å². The third-order valence-electron chi connectivity index (χ3n) is 3.45. The van der Waals surface area contributed by atoms with Gasteiger partial charge in [-0.1, -0.05) is 30.3 Å². The number of nitrogens with two attached hydrogens (primary N) is 1. The Kier molecular flexibility index (Phi) is 6.12. The quantitative estimate of drug-likeness (QED) is 0.219. The van der Waals surface area contributed by atoms with Crippen LogP contribution in [0.25, 0.3) is 5.57 Å². The fraction of sp³-hybridized carbons (Fsp3) is 0.125. The number of amides is 1. The highest BCUT2D eigenvalue weighted by Crippen LogP contribution is 2.33. The van der Waals surface area contributed by atoms with Crippen LogP contribution in [0.2, 0.25) is 0 Å². The number of anilines is 3. The van der Waals surface area contributed by atoms with Crippen LogP contribution in [-0.2, 0) is 4.74 Å². The van der Waals surface area contributed by atoms with Gasteiger partial charge in [-0.3, -0.25) is 15.4 Å². The van der Waals surface area contributed by atoms with Gasteiger partial charge in [0.1, 0.15) is 11.5 Å². The molecular formula is C16H17N5O6. The zero-order valence-electron chi connectivity index (χ0n) is 14.1. The predicted octanol–water partition coefficient (Wildman–Crippen LogP) is 2.08. The van der Waals surface area contributed by atoms with Crippen LogP contribution in [0.5, 0.6) is 0 Å². The van der Waals surface area contributed by atoms with E-state index in [0.717, 1.165) is 13.2 Å². The summed E-state index contributed by atoms with van der Waals surface area (Å²) in [5.41, 5.74) is 5.32. The maximum absolute atomic E-state index is 11.3. The van der Waals surface area contributed by atoms with Crippen LogP contribution < -0.4 is 16.4 Å². The third-order valence-corrected chi connectivity index (χ3v) is 3.45. The number of hydrogen-bond acceptors (Lipinski definition) is 9. The van der Waals surface area contributed by atoms with Crippen molar-refractivity contribution in [2.24, 2.45) is 0 Å². The minimum absolute atomic E-state index is 0.0581. The minimum atomic E-state index is -1.52. The van der Waals surface area contributed by atoms with Crippen molar-refractivity contribution in [3.8, 4) is 0 Å². The molecule has 1 heterocycles. The molecule has 2 aromatic rings. The summed E-state index contributed by atoms with van der Waals surface area (Å²) < 4.78 is 4.43. The molecule has 6 N–H and O–H groups in total. The van der Waals surface area contributed by atoms with Gasteiger partial charge in [0, 0.05) is 11.6 Å². The molecule has 1 aromatic heterocycles. The molecule has 0 saturated heterocycles. The lowest BCUT2D eigenvalue weighted by molar-refractivity contribution is -0.383. The zero-order valence-corrected chi connectivity index (χ0v) is 14.1. The first-order valence-electron chi connectivity index (χ1n) is 7.51. The molecule has 11 heteroatoms. The van der Waals surface area contributed by atoms with Gasteiger partial charge in [0.15, 0.2) is 6.23 Å². The van der Waals surface area contributed by atoms with Gasteiger partial charge in [-0.05, 0) is 5.56 Å². The number of methoxy groups -OCH3 is 1. The normalized spacial score (nSPS) is 12.1. The van der Waals surface area contributed by atoms with Crippen molar-refractivity contribution in [1.29, 1.82) is 0 Å². The van der Waals surface area contributed by atoms with E-state index in [9.17, 15) is 25.1 Å². The molecular weight excluding hydrogens is 358 g/mol. The Hall–Kier alpha value is -3.86. The third kappa shape index (κ3) is 4.61. The average molecular weight is 375 g/mol. The molecule has 0 radical (unpaired) electrons. The number of hydrogen-bond donors (Lipinski definition) is 5. The first-order valence-corrected chi connectivity index (χ1v) is 7.51. The Morgan fingerprint density at radius 3 is 2.63 bits per heavy atom. The number of benzene rings is 1. The summed E-state index contributed by atoms with van der Waals surface area (Å²) in [6, 6.07) is 9.50. The van der Waals surface area contributed by atoms with Crippen LogP contribution in [0.1, 0.15) is 5.56 Å². The maximum Gasteiger partial charge on any atom is 0.412 e. The topological polar surface area (TPSA) is 173 Å². The van der Waals surface area contributed by atoms with Crippen molar-refractivity contribution in [1.82, 2.24) is 4.98 Å². The van der Waals surface area contributed by atoms with Crippen molar-refractivity contribution < 1.29 is 24.7 Å². The van der Waals surface area contributed by atoms with Gasteiger partial charge in [-0.15, -0.1) is 0 Å². The summed E-state index contributed by atoms with van der Waals surface area (Å²) in [5, 5.41) is 35.9. The van der Waals surface area contributed by atoms with Gasteiger partial charge in [0.05, 0.1) is 18.3 Å². The van der Waals surface area contributed by atoms with Crippen molar-refractivity contribution >= 4 is 34.7 Å². The molecule has 2 rings (SSSR count). The van der Waals surface area contributed by atoms with Crippen molar-refractivity contribution in [2.45, 2.75) is 6.23 Å². The van der Waals surface area contributed by atoms with E-state index in [1.54, 1.807) is 30.3 Å². The van der Waals surface area contributed by atoms with Crippen LogP contribution in [0.15, 0.2) is 42.7 Å². The molecule has 0 bridgehead atoms. The average Bonchev–Trinajstić information content (AvgIpc) is 2.62. The van der Waals surface area contributed by atoms with Gasteiger partial charge in [0.2, 0.25) is 5.82 Å². The lowest BCUT2D eigenvalue weighted by atomic mass is 10.1.